The molecule has 0 spiro atoms. The number of hydrogen-bond acceptors (Lipinski definition) is 6. The first-order valence-electron chi connectivity index (χ1n) is 31.3. The molecule has 0 aliphatic carbocycles. The Bertz CT molecular complexity index is 1700. The van der Waals surface area contributed by atoms with Crippen molar-refractivity contribution in [2.45, 2.75) is 271 Å². The van der Waals surface area contributed by atoms with E-state index in [-0.39, 0.29) is 37.5 Å². The highest BCUT2D eigenvalue weighted by Gasteiger charge is 2.19. The lowest BCUT2D eigenvalue weighted by molar-refractivity contribution is -0.167. The van der Waals surface area contributed by atoms with Crippen LogP contribution in [0, 0.1) is 0 Å². The van der Waals surface area contributed by atoms with Gasteiger partial charge in [0.15, 0.2) is 6.10 Å². The monoisotopic (exact) mass is 1060 g/mol. The molecule has 1 atom stereocenters. The Morgan fingerprint density at radius 2 is 0.519 bits per heavy atom. The lowest BCUT2D eigenvalue weighted by Gasteiger charge is -2.18. The molecule has 0 aliphatic heterocycles. The van der Waals surface area contributed by atoms with Crippen molar-refractivity contribution in [1.82, 2.24) is 0 Å². The second-order valence-corrected chi connectivity index (χ2v) is 20.2. The minimum absolute atomic E-state index is 0.105. The fraction of sp³-hybridized carbons (Fsp3) is 0.620. The molecule has 0 saturated carbocycles. The molecule has 0 aromatic heterocycles. The smallest absolute Gasteiger partial charge is 0.306 e. The van der Waals surface area contributed by atoms with Crippen molar-refractivity contribution in [3.63, 3.8) is 0 Å². The summed E-state index contributed by atoms with van der Waals surface area (Å²) in [7, 11) is 0. The van der Waals surface area contributed by atoms with Crippen LogP contribution in [0.1, 0.15) is 265 Å². The second kappa shape index (κ2) is 63.8. The molecule has 1 unspecified atom stereocenters. The van der Waals surface area contributed by atoms with Gasteiger partial charge in [-0.15, -0.1) is 0 Å². The third-order valence-corrected chi connectivity index (χ3v) is 12.8. The topological polar surface area (TPSA) is 78.9 Å². The first-order chi connectivity index (χ1) is 38.0. The highest BCUT2D eigenvalue weighted by atomic mass is 16.6. The summed E-state index contributed by atoms with van der Waals surface area (Å²) in [5, 5.41) is 0. The van der Waals surface area contributed by atoms with Gasteiger partial charge in [0.2, 0.25) is 0 Å². The van der Waals surface area contributed by atoms with Crippen LogP contribution in [0.25, 0.3) is 0 Å². The zero-order valence-corrected chi connectivity index (χ0v) is 49.7. The van der Waals surface area contributed by atoms with Crippen molar-refractivity contribution in [2.75, 3.05) is 13.2 Å². The summed E-state index contributed by atoms with van der Waals surface area (Å²) in [6.45, 7) is 6.34. The summed E-state index contributed by atoms with van der Waals surface area (Å²) in [5.41, 5.74) is 0. The number of hydrogen-bond donors (Lipinski definition) is 0. The van der Waals surface area contributed by atoms with Crippen LogP contribution in [0.15, 0.2) is 146 Å². The van der Waals surface area contributed by atoms with Crippen LogP contribution >= 0.6 is 0 Å². The fourth-order valence-corrected chi connectivity index (χ4v) is 8.22. The van der Waals surface area contributed by atoms with Gasteiger partial charge in [0.05, 0.1) is 0 Å². The van der Waals surface area contributed by atoms with Crippen LogP contribution in [0.2, 0.25) is 0 Å². The van der Waals surface area contributed by atoms with Crippen molar-refractivity contribution in [3.05, 3.63) is 146 Å². The lowest BCUT2D eigenvalue weighted by atomic mass is 10.0. The number of carbonyl (C=O) groups is 3. The van der Waals surface area contributed by atoms with E-state index >= 15 is 0 Å². The van der Waals surface area contributed by atoms with Gasteiger partial charge in [0, 0.05) is 19.3 Å². The largest absolute Gasteiger partial charge is 0.462 e. The van der Waals surface area contributed by atoms with Gasteiger partial charge in [-0.2, -0.15) is 0 Å². The molecule has 6 nitrogen and oxygen atoms in total. The van der Waals surface area contributed by atoms with E-state index in [1.54, 1.807) is 0 Å². The molecule has 0 aromatic carbocycles. The fourth-order valence-electron chi connectivity index (χ4n) is 8.22. The van der Waals surface area contributed by atoms with Crippen LogP contribution in [0.4, 0.5) is 0 Å². The molecule has 0 fully saturated rings. The maximum atomic E-state index is 12.9. The van der Waals surface area contributed by atoms with Gasteiger partial charge in [-0.25, -0.2) is 0 Å². The molecule has 0 amide bonds. The van der Waals surface area contributed by atoms with Gasteiger partial charge in [-0.1, -0.05) is 276 Å². The quantitative estimate of drug-likeness (QED) is 0.0261. The maximum absolute atomic E-state index is 12.9. The average Bonchev–Trinajstić information content (AvgIpc) is 3.43. The molecule has 0 N–H and O–H groups in total. The number of esters is 3. The van der Waals surface area contributed by atoms with Gasteiger partial charge in [0.25, 0.3) is 0 Å². The third kappa shape index (κ3) is 62.0. The molecule has 6 heteroatoms. The SMILES string of the molecule is CC/C=C\C/C=C\C/C=C\C/C=C\C/C=C\C/C=C\C/C=C\CCCC(=O)OC(COC(=O)CCCCCCCCCCC)COC(=O)CCCCCCCCCCCCC/C=C\C/C=C\C/C=C\C/C=C\C/C=C\CC. The molecule has 0 aliphatic rings. The van der Waals surface area contributed by atoms with Gasteiger partial charge < -0.3 is 14.2 Å². The highest BCUT2D eigenvalue weighted by molar-refractivity contribution is 5.71. The maximum Gasteiger partial charge on any atom is 0.306 e. The molecule has 0 heterocycles. The summed E-state index contributed by atoms with van der Waals surface area (Å²) in [6, 6.07) is 0. The molecular weight excluding hydrogens is 949 g/mol. The van der Waals surface area contributed by atoms with Crippen LogP contribution in [-0.4, -0.2) is 37.2 Å². The molecule has 0 rings (SSSR count). The Hall–Kier alpha value is -4.71. The first-order valence-corrected chi connectivity index (χ1v) is 31.3. The molecule has 77 heavy (non-hydrogen) atoms. The number of carbonyl (C=O) groups excluding carboxylic acids is 3. The normalized spacial score (nSPS) is 13.1. The van der Waals surface area contributed by atoms with E-state index in [1.807, 2.05) is 0 Å². The van der Waals surface area contributed by atoms with Crippen molar-refractivity contribution in [1.29, 1.82) is 0 Å². The minimum atomic E-state index is -0.814. The Balaban J connectivity index is 4.34. The van der Waals surface area contributed by atoms with Crippen LogP contribution < -0.4 is 0 Å². The predicted molar refractivity (Wildman–Crippen MR) is 334 cm³/mol. The average molecular weight is 1060 g/mol. The zero-order valence-electron chi connectivity index (χ0n) is 49.7. The van der Waals surface area contributed by atoms with Gasteiger partial charge >= 0.3 is 17.9 Å². The van der Waals surface area contributed by atoms with E-state index in [2.05, 4.69) is 167 Å². The zero-order chi connectivity index (χ0) is 55.7. The van der Waals surface area contributed by atoms with Crippen LogP contribution in [0.5, 0.6) is 0 Å². The Kier molecular flexibility index (Phi) is 59.9. The number of allylic oxidation sites excluding steroid dienone is 24. The van der Waals surface area contributed by atoms with E-state index in [9.17, 15) is 14.4 Å². The number of rotatable bonds is 55. The van der Waals surface area contributed by atoms with Crippen LogP contribution in [-0.2, 0) is 28.6 Å². The standard InChI is InChI=1S/C71H114O6/c1-4-7-10-13-16-19-21-23-25-27-29-31-33-34-35-36-38-39-41-43-45-47-49-52-55-58-61-64-70(73)76-67-68(66-75-69(72)63-60-57-54-51-18-15-12-9-6-3)77-71(74)65-62-59-56-53-50-48-46-44-42-40-37-32-30-28-26-24-22-20-17-14-11-8-5-2/h7-8,10-11,16-17,19-20,23-26,29-32,34-35,40,42,46,48,53,56,68H,4-6,9,12-15,18,21-22,27-28,33,36-39,41,43-45,47,49-52,54-55,57-67H2,1-3H3/b10-7-,11-8-,19-16-,20-17-,25-23-,26-24-,31-29-,32-30-,35-34-,42-40-,48-46-,56-53-. The van der Waals surface area contributed by atoms with Crippen molar-refractivity contribution in [3.8, 4) is 0 Å². The highest BCUT2D eigenvalue weighted by Crippen LogP contribution is 2.15. The van der Waals surface area contributed by atoms with Gasteiger partial charge in [-0.05, 0) is 116 Å². The molecule has 0 saturated heterocycles. The summed E-state index contributed by atoms with van der Waals surface area (Å²) in [6.07, 6.45) is 91.5. The van der Waals surface area contributed by atoms with E-state index in [1.165, 1.54) is 96.3 Å². The molecule has 0 radical (unpaired) electrons. The predicted octanol–water partition coefficient (Wildman–Crippen LogP) is 21.5. The summed E-state index contributed by atoms with van der Waals surface area (Å²) in [4.78, 5) is 38.2. The van der Waals surface area contributed by atoms with Gasteiger partial charge in [0.1, 0.15) is 13.2 Å². The third-order valence-electron chi connectivity index (χ3n) is 12.8. The lowest BCUT2D eigenvalue weighted by Crippen LogP contribution is -2.30. The molecular formula is C71H114O6. The minimum Gasteiger partial charge on any atom is -0.462 e. The second-order valence-electron chi connectivity index (χ2n) is 20.2. The van der Waals surface area contributed by atoms with Crippen molar-refractivity contribution < 1.29 is 28.6 Å². The van der Waals surface area contributed by atoms with E-state index < -0.39 is 6.10 Å². The Morgan fingerprint density at radius 1 is 0.273 bits per heavy atom. The van der Waals surface area contributed by atoms with Crippen molar-refractivity contribution >= 4 is 17.9 Å². The van der Waals surface area contributed by atoms with Gasteiger partial charge in [-0.3, -0.25) is 14.4 Å². The summed E-state index contributed by atoms with van der Waals surface area (Å²) < 4.78 is 16.8. The van der Waals surface area contributed by atoms with E-state index in [0.29, 0.717) is 19.3 Å². The molecule has 0 aromatic rings. The van der Waals surface area contributed by atoms with E-state index in [4.69, 9.17) is 14.2 Å². The molecule has 0 bridgehead atoms. The Morgan fingerprint density at radius 3 is 0.831 bits per heavy atom. The van der Waals surface area contributed by atoms with E-state index in [0.717, 1.165) is 122 Å². The summed E-state index contributed by atoms with van der Waals surface area (Å²) in [5.74, 6) is -0.973. The summed E-state index contributed by atoms with van der Waals surface area (Å²) >= 11 is 0. The van der Waals surface area contributed by atoms with Crippen LogP contribution in [0.3, 0.4) is 0 Å². The first kappa shape index (κ1) is 72.3. The Labute approximate surface area is 474 Å². The van der Waals surface area contributed by atoms with Crippen molar-refractivity contribution in [2.24, 2.45) is 0 Å². The number of ether oxygens (including phenoxy) is 3. The molecule has 434 valence electrons. The number of unbranched alkanes of at least 4 members (excludes halogenated alkanes) is 20.